The van der Waals surface area contributed by atoms with E-state index in [2.05, 4.69) is 10.0 Å². The summed E-state index contributed by atoms with van der Waals surface area (Å²) in [7, 11) is -2.93. The zero-order valence-corrected chi connectivity index (χ0v) is 15.2. The second-order valence-electron chi connectivity index (χ2n) is 6.04. The van der Waals surface area contributed by atoms with Crippen LogP contribution in [0.4, 0.5) is 17.1 Å². The number of hydrogen-bond acceptors (Lipinski definition) is 6. The standard InChI is InChI=1S/C18H13N3O6S/c1-27-15-8-5-10(21(23)24)9-16(15)28(25,26)20-13-6-7-14-17-11(13)3-2-4-12(17)18(22)19-14/h2-9,20H,1H3,(H,19,22). The number of rotatable bonds is 5. The van der Waals surface area contributed by atoms with E-state index in [-0.39, 0.29) is 27.9 Å². The van der Waals surface area contributed by atoms with Crippen LogP contribution in [0.3, 0.4) is 0 Å². The van der Waals surface area contributed by atoms with Crippen LogP contribution < -0.4 is 14.8 Å². The second kappa shape index (κ2) is 6.20. The van der Waals surface area contributed by atoms with Gasteiger partial charge in [0.05, 0.1) is 17.7 Å². The highest BCUT2D eigenvalue weighted by Gasteiger charge is 2.26. The topological polar surface area (TPSA) is 128 Å². The first kappa shape index (κ1) is 17.7. The van der Waals surface area contributed by atoms with Crippen LogP contribution in [0, 0.1) is 10.1 Å². The van der Waals surface area contributed by atoms with Gasteiger partial charge in [0.15, 0.2) is 0 Å². The molecular formula is C18H13N3O6S. The molecule has 2 N–H and O–H groups in total. The number of sulfonamides is 1. The summed E-state index contributed by atoms with van der Waals surface area (Å²) in [6.45, 7) is 0. The Bertz CT molecular complexity index is 1270. The van der Waals surface area contributed by atoms with E-state index in [1.54, 1.807) is 24.3 Å². The second-order valence-corrected chi connectivity index (χ2v) is 7.69. The third-order valence-corrected chi connectivity index (χ3v) is 5.81. The number of amides is 1. The van der Waals surface area contributed by atoms with Crippen LogP contribution in [-0.2, 0) is 10.0 Å². The lowest BCUT2D eigenvalue weighted by molar-refractivity contribution is -0.385. The van der Waals surface area contributed by atoms with E-state index in [9.17, 15) is 23.3 Å². The van der Waals surface area contributed by atoms with Gasteiger partial charge in [0.25, 0.3) is 21.6 Å². The highest BCUT2D eigenvalue weighted by atomic mass is 32.2. The SMILES string of the molecule is COc1ccc([N+](=O)[O-])cc1S(=O)(=O)Nc1ccc2c3c(cccc13)C(=O)N2. The lowest BCUT2D eigenvalue weighted by atomic mass is 10.0. The minimum Gasteiger partial charge on any atom is -0.495 e. The molecular weight excluding hydrogens is 386 g/mol. The van der Waals surface area contributed by atoms with Crippen LogP contribution >= 0.6 is 0 Å². The predicted octanol–water partition coefficient (Wildman–Crippen LogP) is 3.12. The summed E-state index contributed by atoms with van der Waals surface area (Å²) >= 11 is 0. The first-order valence-electron chi connectivity index (χ1n) is 8.04. The van der Waals surface area contributed by atoms with Gasteiger partial charge in [-0.15, -0.1) is 0 Å². The molecule has 0 radical (unpaired) electrons. The zero-order chi connectivity index (χ0) is 20.1. The van der Waals surface area contributed by atoms with Crippen molar-refractivity contribution in [2.24, 2.45) is 0 Å². The summed E-state index contributed by atoms with van der Waals surface area (Å²) < 4.78 is 33.4. The molecule has 4 rings (SSSR count). The highest BCUT2D eigenvalue weighted by Crippen LogP contribution is 2.38. The molecule has 0 spiro atoms. The van der Waals surface area contributed by atoms with Gasteiger partial charge >= 0.3 is 0 Å². The molecule has 0 aromatic heterocycles. The van der Waals surface area contributed by atoms with E-state index in [4.69, 9.17) is 4.74 Å². The third kappa shape index (κ3) is 2.70. The quantitative estimate of drug-likeness (QED) is 0.501. The van der Waals surface area contributed by atoms with E-state index in [0.717, 1.165) is 12.1 Å². The summed E-state index contributed by atoms with van der Waals surface area (Å²) in [6.07, 6.45) is 0. The number of nitro groups is 1. The van der Waals surface area contributed by atoms with Crippen molar-refractivity contribution in [3.8, 4) is 5.75 Å². The van der Waals surface area contributed by atoms with Crippen LogP contribution in [0.1, 0.15) is 10.4 Å². The number of anilines is 2. The normalized spacial score (nSPS) is 12.7. The number of carbonyl (C=O) groups is 1. The average molecular weight is 399 g/mol. The molecule has 1 amide bonds. The largest absolute Gasteiger partial charge is 0.495 e. The Labute approximate surface area is 159 Å². The van der Waals surface area contributed by atoms with E-state index in [0.29, 0.717) is 22.0 Å². The van der Waals surface area contributed by atoms with Crippen LogP contribution in [0.2, 0.25) is 0 Å². The first-order chi connectivity index (χ1) is 13.3. The van der Waals surface area contributed by atoms with Crippen molar-refractivity contribution in [2.75, 3.05) is 17.1 Å². The molecule has 0 atom stereocenters. The minimum atomic E-state index is -4.21. The van der Waals surface area contributed by atoms with Gasteiger partial charge in [-0.1, -0.05) is 12.1 Å². The Morgan fingerprint density at radius 3 is 2.64 bits per heavy atom. The van der Waals surface area contributed by atoms with Crippen molar-refractivity contribution in [3.63, 3.8) is 0 Å². The smallest absolute Gasteiger partial charge is 0.271 e. The maximum atomic E-state index is 13.0. The number of non-ortho nitro benzene ring substituents is 1. The Hall–Kier alpha value is -3.66. The average Bonchev–Trinajstić information content (AvgIpc) is 3.00. The predicted molar refractivity (Wildman–Crippen MR) is 102 cm³/mol. The molecule has 0 fully saturated rings. The van der Waals surface area contributed by atoms with E-state index in [1.807, 2.05) is 0 Å². The van der Waals surface area contributed by atoms with E-state index >= 15 is 0 Å². The molecule has 1 heterocycles. The van der Waals surface area contributed by atoms with Gasteiger partial charge in [-0.25, -0.2) is 8.42 Å². The number of nitro benzene ring substituents is 1. The van der Waals surface area contributed by atoms with Gasteiger partial charge in [-0.2, -0.15) is 0 Å². The summed E-state index contributed by atoms with van der Waals surface area (Å²) in [6, 6.07) is 11.4. The van der Waals surface area contributed by atoms with Gasteiger partial charge in [-0.05, 0) is 24.3 Å². The van der Waals surface area contributed by atoms with Gasteiger partial charge in [-0.3, -0.25) is 19.6 Å². The lowest BCUT2D eigenvalue weighted by Crippen LogP contribution is -2.14. The molecule has 10 heteroatoms. The summed E-state index contributed by atoms with van der Waals surface area (Å²) in [4.78, 5) is 22.0. The number of benzene rings is 3. The molecule has 28 heavy (non-hydrogen) atoms. The van der Waals surface area contributed by atoms with Gasteiger partial charge in [0.1, 0.15) is 10.6 Å². The summed E-state index contributed by atoms with van der Waals surface area (Å²) in [5.74, 6) is -0.290. The molecule has 142 valence electrons. The van der Waals surface area contributed by atoms with Crippen molar-refractivity contribution < 1.29 is 22.9 Å². The molecule has 3 aromatic carbocycles. The van der Waals surface area contributed by atoms with Crippen molar-refractivity contribution in [3.05, 3.63) is 64.2 Å². The molecule has 1 aliphatic heterocycles. The van der Waals surface area contributed by atoms with E-state index in [1.165, 1.54) is 19.2 Å². The molecule has 1 aliphatic rings. The molecule has 3 aromatic rings. The van der Waals surface area contributed by atoms with Crippen molar-refractivity contribution in [1.82, 2.24) is 0 Å². The fourth-order valence-electron chi connectivity index (χ4n) is 3.17. The number of methoxy groups -OCH3 is 1. The fraction of sp³-hybridized carbons (Fsp3) is 0.0556. The monoisotopic (exact) mass is 399 g/mol. The van der Waals surface area contributed by atoms with Crippen molar-refractivity contribution in [1.29, 1.82) is 0 Å². The van der Waals surface area contributed by atoms with Crippen molar-refractivity contribution in [2.45, 2.75) is 4.90 Å². The van der Waals surface area contributed by atoms with Crippen LogP contribution in [-0.4, -0.2) is 26.4 Å². The molecule has 0 bridgehead atoms. The van der Waals surface area contributed by atoms with Gasteiger partial charge in [0.2, 0.25) is 0 Å². The number of nitrogens with zero attached hydrogens (tertiary/aromatic N) is 1. The molecule has 0 unspecified atom stereocenters. The third-order valence-electron chi connectivity index (χ3n) is 4.43. The maximum Gasteiger partial charge on any atom is 0.271 e. The highest BCUT2D eigenvalue weighted by molar-refractivity contribution is 7.92. The Kier molecular flexibility index (Phi) is 3.93. The van der Waals surface area contributed by atoms with Gasteiger partial charge < -0.3 is 10.1 Å². The zero-order valence-electron chi connectivity index (χ0n) is 14.4. The van der Waals surface area contributed by atoms with Gasteiger partial charge in [0, 0.05) is 34.2 Å². The Balaban J connectivity index is 1.84. The summed E-state index contributed by atoms with van der Waals surface area (Å²) in [5, 5.41) is 14.9. The van der Waals surface area contributed by atoms with Crippen LogP contribution in [0.5, 0.6) is 5.75 Å². The molecule has 0 saturated carbocycles. The first-order valence-corrected chi connectivity index (χ1v) is 9.52. The lowest BCUT2D eigenvalue weighted by Gasteiger charge is -2.13. The number of ether oxygens (including phenoxy) is 1. The number of nitrogens with one attached hydrogen (secondary N) is 2. The molecule has 0 aliphatic carbocycles. The van der Waals surface area contributed by atoms with Crippen molar-refractivity contribution >= 4 is 43.8 Å². The minimum absolute atomic E-state index is 0.0270. The number of hydrogen-bond donors (Lipinski definition) is 2. The van der Waals surface area contributed by atoms with Crippen LogP contribution in [0.25, 0.3) is 10.8 Å². The fourth-order valence-corrected chi connectivity index (χ4v) is 4.44. The Morgan fingerprint density at radius 1 is 1.14 bits per heavy atom. The maximum absolute atomic E-state index is 13.0. The number of carbonyl (C=O) groups excluding carboxylic acids is 1. The Morgan fingerprint density at radius 2 is 1.93 bits per heavy atom. The molecule has 0 saturated heterocycles. The molecule has 9 nitrogen and oxygen atoms in total. The summed E-state index contributed by atoms with van der Waals surface area (Å²) in [5.41, 5.74) is 0.898. The van der Waals surface area contributed by atoms with E-state index < -0.39 is 14.9 Å². The van der Waals surface area contributed by atoms with Crippen LogP contribution in [0.15, 0.2) is 53.4 Å².